The Bertz CT molecular complexity index is 1170. The van der Waals surface area contributed by atoms with Crippen LogP contribution in [0.15, 0.2) is 54.6 Å². The predicted octanol–water partition coefficient (Wildman–Crippen LogP) is 6.68. The molecule has 156 valence electrons. The van der Waals surface area contributed by atoms with Crippen molar-refractivity contribution in [2.24, 2.45) is 0 Å². The van der Waals surface area contributed by atoms with Crippen LogP contribution < -0.4 is 5.73 Å². The Morgan fingerprint density at radius 3 is 1.90 bits per heavy atom. The highest BCUT2D eigenvalue weighted by Gasteiger charge is 2.12. The molecule has 0 aliphatic rings. The Morgan fingerprint density at radius 1 is 0.710 bits per heavy atom. The Labute approximate surface area is 181 Å². The van der Waals surface area contributed by atoms with Crippen molar-refractivity contribution in [1.82, 2.24) is 0 Å². The van der Waals surface area contributed by atoms with E-state index in [2.05, 4.69) is 30.6 Å². The molecule has 3 aromatic rings. The molecule has 0 aliphatic carbocycles. The van der Waals surface area contributed by atoms with Gasteiger partial charge in [0.2, 0.25) is 0 Å². The zero-order valence-electron chi connectivity index (χ0n) is 17.2. The summed E-state index contributed by atoms with van der Waals surface area (Å²) in [6.45, 7) is 2.16. The van der Waals surface area contributed by atoms with E-state index in [0.29, 0.717) is 5.56 Å². The second-order valence-electron chi connectivity index (χ2n) is 7.13. The van der Waals surface area contributed by atoms with Crippen molar-refractivity contribution in [2.45, 2.75) is 32.6 Å². The molecule has 0 bridgehead atoms. The van der Waals surface area contributed by atoms with Crippen LogP contribution in [0.2, 0.25) is 0 Å². The van der Waals surface area contributed by atoms with E-state index >= 15 is 0 Å². The number of anilines is 1. The minimum Gasteiger partial charge on any atom is -0.394 e. The molecular weight excluding hydrogens is 395 g/mol. The van der Waals surface area contributed by atoms with Gasteiger partial charge in [-0.2, -0.15) is 0 Å². The van der Waals surface area contributed by atoms with Crippen molar-refractivity contribution >= 4 is 5.69 Å². The third-order valence-corrected chi connectivity index (χ3v) is 4.73. The van der Waals surface area contributed by atoms with Gasteiger partial charge in [0.05, 0.1) is 0 Å². The smallest absolute Gasteiger partial charge is 0.149 e. The fourth-order valence-electron chi connectivity index (χ4n) is 2.98. The van der Waals surface area contributed by atoms with Crippen LogP contribution in [-0.4, -0.2) is 0 Å². The number of unbranched alkanes of at least 4 members (excludes halogenated alkanes) is 3. The van der Waals surface area contributed by atoms with Crippen LogP contribution in [-0.2, 0) is 0 Å². The van der Waals surface area contributed by atoms with Crippen LogP contribution in [0, 0.1) is 41.1 Å². The number of nitrogen functional groups attached to an aromatic ring is 1. The minimum atomic E-state index is -0.924. The number of halogens is 3. The highest BCUT2D eigenvalue weighted by atomic mass is 19.1. The zero-order valence-corrected chi connectivity index (χ0v) is 17.2. The molecular formula is C27H22F3N. The maximum atomic E-state index is 14.5. The van der Waals surface area contributed by atoms with E-state index in [4.69, 9.17) is 5.73 Å². The molecule has 0 heterocycles. The van der Waals surface area contributed by atoms with Gasteiger partial charge in [-0.25, -0.2) is 13.2 Å². The highest BCUT2D eigenvalue weighted by Crippen LogP contribution is 2.28. The Balaban J connectivity index is 1.73. The number of hydrogen-bond acceptors (Lipinski definition) is 1. The first kappa shape index (κ1) is 22.1. The molecule has 4 heteroatoms. The summed E-state index contributed by atoms with van der Waals surface area (Å²) in [6.07, 6.45) is 4.38. The Kier molecular flexibility index (Phi) is 7.41. The van der Waals surface area contributed by atoms with Crippen LogP contribution in [0.1, 0.15) is 49.3 Å². The average molecular weight is 417 g/mol. The molecule has 1 nitrogen and oxygen atoms in total. The van der Waals surface area contributed by atoms with Crippen LogP contribution in [0.25, 0.3) is 11.1 Å². The Hall–Kier alpha value is -3.63. The molecule has 0 atom stereocenters. The first-order valence-electron chi connectivity index (χ1n) is 10.1. The van der Waals surface area contributed by atoms with E-state index in [-0.39, 0.29) is 11.1 Å². The molecule has 0 aromatic heterocycles. The van der Waals surface area contributed by atoms with Crippen molar-refractivity contribution in [2.75, 3.05) is 5.73 Å². The van der Waals surface area contributed by atoms with E-state index in [1.54, 1.807) is 6.07 Å². The zero-order chi connectivity index (χ0) is 22.2. The van der Waals surface area contributed by atoms with Gasteiger partial charge in [-0.1, -0.05) is 49.5 Å². The number of rotatable bonds is 4. The molecule has 0 fully saturated rings. The monoisotopic (exact) mass is 417 g/mol. The number of hydrogen-bond donors (Lipinski definition) is 1. The van der Waals surface area contributed by atoms with Crippen molar-refractivity contribution in [3.05, 3.63) is 88.7 Å². The summed E-state index contributed by atoms with van der Waals surface area (Å²) in [5, 5.41) is 0. The summed E-state index contributed by atoms with van der Waals surface area (Å²) in [5.41, 5.74) is 7.00. The van der Waals surface area contributed by atoms with Gasteiger partial charge in [0.15, 0.2) is 0 Å². The standard InChI is InChI=1S/C27H22F3N/c1-2-3-4-5-6-7-19-8-10-20(11-9-19)12-13-21-14-15-23(24(28)16-21)22-17-25(29)27(31)26(30)18-22/h8-11,14-18H,2-5,31H2,1H3. The van der Waals surface area contributed by atoms with Crippen molar-refractivity contribution in [1.29, 1.82) is 0 Å². The quantitative estimate of drug-likeness (QED) is 0.286. The van der Waals surface area contributed by atoms with Crippen LogP contribution >= 0.6 is 0 Å². The van der Waals surface area contributed by atoms with Gasteiger partial charge in [-0.05, 0) is 60.5 Å². The molecule has 0 aliphatic heterocycles. The Morgan fingerprint density at radius 2 is 1.29 bits per heavy atom. The van der Waals surface area contributed by atoms with Gasteiger partial charge in [0.1, 0.15) is 23.1 Å². The van der Waals surface area contributed by atoms with E-state index < -0.39 is 23.1 Å². The molecule has 31 heavy (non-hydrogen) atoms. The largest absolute Gasteiger partial charge is 0.394 e. The second-order valence-corrected chi connectivity index (χ2v) is 7.13. The molecule has 0 unspecified atom stereocenters. The topological polar surface area (TPSA) is 26.0 Å². The molecule has 0 spiro atoms. The molecule has 2 N–H and O–H groups in total. The summed E-state index contributed by atoms with van der Waals surface area (Å²) in [5.74, 6) is 9.72. The summed E-state index contributed by atoms with van der Waals surface area (Å²) >= 11 is 0. The van der Waals surface area contributed by atoms with Crippen LogP contribution in [0.5, 0.6) is 0 Å². The van der Waals surface area contributed by atoms with Crippen LogP contribution in [0.3, 0.4) is 0 Å². The van der Waals surface area contributed by atoms with Gasteiger partial charge in [0.25, 0.3) is 0 Å². The molecule has 0 radical (unpaired) electrons. The van der Waals surface area contributed by atoms with Gasteiger partial charge in [0, 0.05) is 28.7 Å². The van der Waals surface area contributed by atoms with Gasteiger partial charge >= 0.3 is 0 Å². The summed E-state index contributed by atoms with van der Waals surface area (Å²) < 4.78 is 41.9. The van der Waals surface area contributed by atoms with E-state index in [9.17, 15) is 13.2 Å². The molecule has 3 aromatic carbocycles. The fraction of sp³-hybridized carbons (Fsp3) is 0.185. The van der Waals surface area contributed by atoms with Crippen molar-refractivity contribution in [3.63, 3.8) is 0 Å². The third-order valence-electron chi connectivity index (χ3n) is 4.73. The van der Waals surface area contributed by atoms with Gasteiger partial charge in [-0.15, -0.1) is 0 Å². The van der Waals surface area contributed by atoms with Gasteiger partial charge < -0.3 is 5.73 Å². The van der Waals surface area contributed by atoms with Crippen LogP contribution in [0.4, 0.5) is 18.9 Å². The predicted molar refractivity (Wildman–Crippen MR) is 120 cm³/mol. The maximum Gasteiger partial charge on any atom is 0.149 e. The number of nitrogens with two attached hydrogens (primary N) is 1. The highest BCUT2D eigenvalue weighted by molar-refractivity contribution is 5.68. The van der Waals surface area contributed by atoms with Crippen molar-refractivity contribution < 1.29 is 13.2 Å². The lowest BCUT2D eigenvalue weighted by molar-refractivity contribution is 0.591. The van der Waals surface area contributed by atoms with E-state index in [0.717, 1.165) is 36.1 Å². The molecule has 0 amide bonds. The normalized spacial score (nSPS) is 10.1. The summed E-state index contributed by atoms with van der Waals surface area (Å²) in [4.78, 5) is 0. The molecule has 0 saturated carbocycles. The first-order valence-corrected chi connectivity index (χ1v) is 10.1. The summed E-state index contributed by atoms with van der Waals surface area (Å²) in [6, 6.07) is 13.9. The van der Waals surface area contributed by atoms with Gasteiger partial charge in [-0.3, -0.25) is 0 Å². The maximum absolute atomic E-state index is 14.5. The minimum absolute atomic E-state index is 0.0743. The third kappa shape index (κ3) is 5.93. The molecule has 3 rings (SSSR count). The number of benzene rings is 3. The molecule has 0 saturated heterocycles. The average Bonchev–Trinajstić information content (AvgIpc) is 2.76. The lowest BCUT2D eigenvalue weighted by atomic mass is 10.0. The SMILES string of the molecule is CCCCCC#Cc1ccc(C#Cc2ccc(-c3cc(F)c(N)c(F)c3)c(F)c2)cc1. The lowest BCUT2D eigenvalue weighted by Gasteiger charge is -2.07. The lowest BCUT2D eigenvalue weighted by Crippen LogP contribution is -1.97. The van der Waals surface area contributed by atoms with E-state index in [1.807, 2.05) is 24.3 Å². The second kappa shape index (κ2) is 10.4. The summed E-state index contributed by atoms with van der Waals surface area (Å²) in [7, 11) is 0. The van der Waals surface area contributed by atoms with E-state index in [1.165, 1.54) is 25.0 Å². The van der Waals surface area contributed by atoms with Crippen molar-refractivity contribution in [3.8, 4) is 34.8 Å². The first-order chi connectivity index (χ1) is 15.0. The fourth-order valence-corrected chi connectivity index (χ4v) is 2.98.